The fraction of sp³-hybridized carbons (Fsp3) is 0.182. The zero-order valence-electron chi connectivity index (χ0n) is 9.25. The normalized spacial score (nSPS) is 11.9. The fourth-order valence-corrected chi connectivity index (χ4v) is 1.51. The van der Waals surface area contributed by atoms with Crippen molar-refractivity contribution >= 4 is 0 Å². The molecule has 0 amide bonds. The van der Waals surface area contributed by atoms with Gasteiger partial charge in [-0.1, -0.05) is 0 Å². The van der Waals surface area contributed by atoms with Crippen LogP contribution in [0.1, 0.15) is 11.4 Å². The van der Waals surface area contributed by atoms with E-state index in [0.717, 1.165) is 12.1 Å². The lowest BCUT2D eigenvalue weighted by atomic mass is 10.3. The molecule has 0 aliphatic carbocycles. The molecule has 1 heterocycles. The van der Waals surface area contributed by atoms with Crippen LogP contribution in [0.2, 0.25) is 0 Å². The Hall–Kier alpha value is -1.96. The van der Waals surface area contributed by atoms with E-state index in [0.29, 0.717) is 16.8 Å². The van der Waals surface area contributed by atoms with Gasteiger partial charge in [-0.25, -0.2) is 13.5 Å². The van der Waals surface area contributed by atoms with Crippen LogP contribution in [-0.2, 0) is 12.8 Å². The molecule has 2 rings (SSSR count). The Kier molecular flexibility index (Phi) is 3.27. The topological polar surface area (TPSA) is 38.1 Å². The molecule has 0 aliphatic rings. The molecule has 1 aromatic carbocycles. The third-order valence-electron chi connectivity index (χ3n) is 2.38. The first-order chi connectivity index (χ1) is 8.82. The molecule has 1 aromatic heterocycles. The lowest BCUT2D eigenvalue weighted by Gasteiger charge is -2.06. The van der Waals surface area contributed by atoms with Crippen molar-refractivity contribution in [2.24, 2.45) is 0 Å². The number of nitrogens with zero attached hydrogens (tertiary/aromatic N) is 2. The van der Waals surface area contributed by atoms with E-state index in [1.165, 1.54) is 0 Å². The molecule has 0 saturated carbocycles. The highest BCUT2D eigenvalue weighted by Crippen LogP contribution is 2.29. The lowest BCUT2D eigenvalue weighted by molar-refractivity contribution is -0.141. The van der Waals surface area contributed by atoms with E-state index in [1.807, 2.05) is 0 Å². The molecule has 3 nitrogen and oxygen atoms in total. The zero-order chi connectivity index (χ0) is 14.2. The molecule has 0 radical (unpaired) electrons. The van der Waals surface area contributed by atoms with Gasteiger partial charge < -0.3 is 5.11 Å². The van der Waals surface area contributed by atoms with E-state index in [-0.39, 0.29) is 11.4 Å². The Balaban J connectivity index is 2.54. The second-order valence-electron chi connectivity index (χ2n) is 3.69. The first-order valence-electron chi connectivity index (χ1n) is 5.05. The van der Waals surface area contributed by atoms with Crippen LogP contribution in [0.3, 0.4) is 0 Å². The van der Waals surface area contributed by atoms with Crippen molar-refractivity contribution < 1.29 is 27.1 Å². The van der Waals surface area contributed by atoms with Crippen LogP contribution in [0, 0.1) is 11.6 Å². The van der Waals surface area contributed by atoms with E-state index < -0.39 is 30.1 Å². The van der Waals surface area contributed by atoms with E-state index in [2.05, 4.69) is 5.10 Å². The number of aromatic nitrogens is 2. The number of halogens is 5. The summed E-state index contributed by atoms with van der Waals surface area (Å²) in [6, 6.07) is 3.16. The van der Waals surface area contributed by atoms with Gasteiger partial charge in [0.25, 0.3) is 0 Å². The average molecular weight is 278 g/mol. The van der Waals surface area contributed by atoms with Crippen LogP contribution >= 0.6 is 0 Å². The van der Waals surface area contributed by atoms with Gasteiger partial charge in [-0.2, -0.15) is 18.3 Å². The number of alkyl halides is 3. The molecule has 8 heteroatoms. The van der Waals surface area contributed by atoms with Crippen LogP contribution in [0.4, 0.5) is 22.0 Å². The molecule has 0 unspecified atom stereocenters. The zero-order valence-corrected chi connectivity index (χ0v) is 9.25. The molecule has 0 fully saturated rings. The molecule has 2 aromatic rings. The van der Waals surface area contributed by atoms with E-state index in [9.17, 15) is 22.0 Å². The minimum absolute atomic E-state index is 0.113. The van der Waals surface area contributed by atoms with Crippen molar-refractivity contribution in [2.45, 2.75) is 12.8 Å². The van der Waals surface area contributed by atoms with Crippen molar-refractivity contribution in [1.29, 1.82) is 0 Å². The van der Waals surface area contributed by atoms with Crippen LogP contribution in [0.25, 0.3) is 5.69 Å². The first kappa shape index (κ1) is 13.5. The van der Waals surface area contributed by atoms with Gasteiger partial charge in [0.15, 0.2) is 17.3 Å². The molecule has 0 bridgehead atoms. The molecule has 1 N–H and O–H groups in total. The predicted molar refractivity (Wildman–Crippen MR) is 54.4 cm³/mol. The molecular formula is C11H7F5N2O. The standard InChI is InChI=1S/C11H7F5N2O/c12-8-2-1-6(3-9(8)13)18-7(5-19)4-10(17-18)11(14,15)16/h1-4,19H,5H2. The minimum atomic E-state index is -4.69. The van der Waals surface area contributed by atoms with Crippen molar-refractivity contribution in [2.75, 3.05) is 0 Å². The average Bonchev–Trinajstić information content (AvgIpc) is 2.76. The molecule has 19 heavy (non-hydrogen) atoms. The molecule has 102 valence electrons. The number of benzene rings is 1. The molecular weight excluding hydrogens is 271 g/mol. The highest BCUT2D eigenvalue weighted by atomic mass is 19.4. The number of aliphatic hydroxyl groups is 1. The van der Waals surface area contributed by atoms with Gasteiger partial charge in [0, 0.05) is 6.07 Å². The summed E-state index contributed by atoms with van der Waals surface area (Å²) in [6.45, 7) is -0.720. The smallest absolute Gasteiger partial charge is 0.390 e. The summed E-state index contributed by atoms with van der Waals surface area (Å²) in [7, 11) is 0. The lowest BCUT2D eigenvalue weighted by Crippen LogP contribution is -2.08. The van der Waals surface area contributed by atoms with Gasteiger partial charge in [0.05, 0.1) is 18.0 Å². The summed E-state index contributed by atoms with van der Waals surface area (Å²) < 4.78 is 64.0. The van der Waals surface area contributed by atoms with Crippen LogP contribution in [0.5, 0.6) is 0 Å². The van der Waals surface area contributed by atoms with Gasteiger partial charge in [0.2, 0.25) is 0 Å². The van der Waals surface area contributed by atoms with Gasteiger partial charge in [0.1, 0.15) is 0 Å². The maximum Gasteiger partial charge on any atom is 0.435 e. The monoisotopic (exact) mass is 278 g/mol. The molecule has 0 saturated heterocycles. The Bertz CT molecular complexity index is 606. The SMILES string of the molecule is OCc1cc(C(F)(F)F)nn1-c1ccc(F)c(F)c1. The quantitative estimate of drug-likeness (QED) is 0.858. The van der Waals surface area contributed by atoms with E-state index in [1.54, 1.807) is 0 Å². The summed E-state index contributed by atoms with van der Waals surface area (Å²) in [5, 5.41) is 12.2. The summed E-state index contributed by atoms with van der Waals surface area (Å²) >= 11 is 0. The molecule has 0 atom stereocenters. The second-order valence-corrected chi connectivity index (χ2v) is 3.69. The van der Waals surface area contributed by atoms with Crippen molar-refractivity contribution in [1.82, 2.24) is 9.78 Å². The number of hydrogen-bond donors (Lipinski definition) is 1. The fourth-order valence-electron chi connectivity index (χ4n) is 1.51. The van der Waals surface area contributed by atoms with Crippen molar-refractivity contribution in [3.63, 3.8) is 0 Å². The Morgan fingerprint density at radius 2 is 1.79 bits per heavy atom. The molecule has 0 spiro atoms. The van der Waals surface area contributed by atoms with Gasteiger partial charge in [-0.15, -0.1) is 0 Å². The van der Waals surface area contributed by atoms with Gasteiger partial charge in [-0.05, 0) is 18.2 Å². The summed E-state index contributed by atoms with van der Waals surface area (Å²) in [6.07, 6.45) is -4.69. The highest BCUT2D eigenvalue weighted by Gasteiger charge is 2.35. The number of rotatable bonds is 2. The Labute approximate surface area is 103 Å². The summed E-state index contributed by atoms with van der Waals surface area (Å²) in [5.74, 6) is -2.34. The van der Waals surface area contributed by atoms with Crippen molar-refractivity contribution in [3.8, 4) is 5.69 Å². The highest BCUT2D eigenvalue weighted by molar-refractivity contribution is 5.34. The first-order valence-corrected chi connectivity index (χ1v) is 5.05. The Morgan fingerprint density at radius 3 is 2.32 bits per heavy atom. The van der Waals surface area contributed by atoms with Gasteiger partial charge in [-0.3, -0.25) is 0 Å². The Morgan fingerprint density at radius 1 is 1.11 bits per heavy atom. The second kappa shape index (κ2) is 4.61. The van der Waals surface area contributed by atoms with Gasteiger partial charge >= 0.3 is 6.18 Å². The van der Waals surface area contributed by atoms with E-state index in [4.69, 9.17) is 5.11 Å². The number of hydrogen-bond acceptors (Lipinski definition) is 2. The predicted octanol–water partition coefficient (Wildman–Crippen LogP) is 2.66. The maximum atomic E-state index is 13.0. The summed E-state index contributed by atoms with van der Waals surface area (Å²) in [5.41, 5.74) is -1.52. The van der Waals surface area contributed by atoms with E-state index >= 15 is 0 Å². The molecule has 0 aliphatic heterocycles. The third-order valence-corrected chi connectivity index (χ3v) is 2.38. The van der Waals surface area contributed by atoms with Crippen molar-refractivity contribution in [3.05, 3.63) is 47.3 Å². The summed E-state index contributed by atoms with van der Waals surface area (Å²) in [4.78, 5) is 0. The van der Waals surface area contributed by atoms with Crippen LogP contribution < -0.4 is 0 Å². The largest absolute Gasteiger partial charge is 0.435 e. The number of aliphatic hydroxyl groups excluding tert-OH is 1. The van der Waals surface area contributed by atoms with Crippen LogP contribution in [0.15, 0.2) is 24.3 Å². The minimum Gasteiger partial charge on any atom is -0.390 e. The maximum absolute atomic E-state index is 13.0. The van der Waals surface area contributed by atoms with Crippen LogP contribution in [-0.4, -0.2) is 14.9 Å². The third kappa shape index (κ3) is 2.58.